The van der Waals surface area contributed by atoms with Gasteiger partial charge in [-0.15, -0.1) is 0 Å². The third-order valence-corrected chi connectivity index (χ3v) is 2.14. The largest absolute Gasteiger partial charge is 0.298 e. The van der Waals surface area contributed by atoms with Gasteiger partial charge in [-0.2, -0.15) is 0 Å². The zero-order valence-electron chi connectivity index (χ0n) is 6.72. The highest BCUT2D eigenvalue weighted by atomic mass is 35.5. The number of carbonyl (C=O) groups excluding carboxylic acids is 1. The van der Waals surface area contributed by atoms with Gasteiger partial charge in [0.1, 0.15) is 5.69 Å². The summed E-state index contributed by atoms with van der Waals surface area (Å²) in [5.74, 6) is 0. The first-order chi connectivity index (χ1) is 6.07. The van der Waals surface area contributed by atoms with Crippen molar-refractivity contribution in [2.75, 3.05) is 0 Å². The van der Waals surface area contributed by atoms with E-state index in [4.69, 9.17) is 11.6 Å². The predicted octanol–water partition coefficient (Wildman–Crippen LogP) is 2.79. The molecule has 0 unspecified atom stereocenters. The van der Waals surface area contributed by atoms with E-state index >= 15 is 0 Å². The number of hydrogen-bond acceptors (Lipinski definition) is 2. The van der Waals surface area contributed by atoms with Crippen molar-refractivity contribution in [1.29, 1.82) is 0 Å². The molecule has 0 atom stereocenters. The van der Waals surface area contributed by atoms with Gasteiger partial charge in [0.05, 0.1) is 5.02 Å². The summed E-state index contributed by atoms with van der Waals surface area (Å²) in [4.78, 5) is 13.8. The average Bonchev–Trinajstić information content (AvgIpc) is 2.09. The van der Waals surface area contributed by atoms with Crippen LogP contribution in [0, 0.1) is 6.92 Å². The topological polar surface area (TPSA) is 30.0 Å². The molecule has 0 spiro atoms. The minimum Gasteiger partial charge on any atom is -0.298 e. The zero-order chi connectivity index (χ0) is 10.0. The Balaban J connectivity index is 3.31. The lowest BCUT2D eigenvalue weighted by molar-refractivity contribution is 0.112. The maximum atomic E-state index is 12.2. The molecule has 0 N–H and O–H groups in total. The molecule has 13 heavy (non-hydrogen) atoms. The molecule has 0 saturated heterocycles. The molecule has 0 amide bonds. The van der Waals surface area contributed by atoms with Crippen molar-refractivity contribution in [3.05, 3.63) is 28.0 Å². The molecule has 1 heterocycles. The molecule has 1 aromatic rings. The lowest BCUT2D eigenvalue weighted by Crippen LogP contribution is -1.97. The maximum absolute atomic E-state index is 12.2. The predicted molar refractivity (Wildman–Crippen MR) is 44.3 cm³/mol. The van der Waals surface area contributed by atoms with Crippen LogP contribution in [0.15, 0.2) is 6.20 Å². The van der Waals surface area contributed by atoms with Crippen molar-refractivity contribution in [3.8, 4) is 0 Å². The van der Waals surface area contributed by atoms with Crippen LogP contribution in [0.25, 0.3) is 0 Å². The van der Waals surface area contributed by atoms with Gasteiger partial charge in [0, 0.05) is 11.8 Å². The van der Waals surface area contributed by atoms with Crippen molar-refractivity contribution in [2.45, 2.75) is 13.3 Å². The van der Waals surface area contributed by atoms with E-state index in [-0.39, 0.29) is 10.6 Å². The summed E-state index contributed by atoms with van der Waals surface area (Å²) in [6, 6.07) is 0. The van der Waals surface area contributed by atoms with Crippen LogP contribution in [0.3, 0.4) is 0 Å². The highest BCUT2D eigenvalue weighted by Gasteiger charge is 2.16. The van der Waals surface area contributed by atoms with E-state index in [1.54, 1.807) is 0 Å². The van der Waals surface area contributed by atoms with Crippen molar-refractivity contribution in [2.24, 2.45) is 0 Å². The molecule has 2 nitrogen and oxygen atoms in total. The summed E-state index contributed by atoms with van der Waals surface area (Å²) in [5.41, 5.74) is 0.0844. The van der Waals surface area contributed by atoms with Gasteiger partial charge in [-0.25, -0.2) is 8.78 Å². The number of pyridine rings is 1. The van der Waals surface area contributed by atoms with Crippen LogP contribution in [0.5, 0.6) is 0 Å². The average molecular weight is 206 g/mol. The van der Waals surface area contributed by atoms with Crippen molar-refractivity contribution in [1.82, 2.24) is 4.98 Å². The highest BCUT2D eigenvalue weighted by molar-refractivity contribution is 6.32. The summed E-state index contributed by atoms with van der Waals surface area (Å²) in [6.07, 6.45) is -1.09. The molecule has 0 saturated carbocycles. The molecule has 0 aliphatic rings. The summed E-state index contributed by atoms with van der Waals surface area (Å²) < 4.78 is 24.4. The Labute approximate surface area is 78.5 Å². The molecule has 70 valence electrons. The summed E-state index contributed by atoms with van der Waals surface area (Å²) in [7, 11) is 0. The van der Waals surface area contributed by atoms with Crippen LogP contribution in [-0.4, -0.2) is 11.3 Å². The number of aldehydes is 1. The fourth-order valence-corrected chi connectivity index (χ4v) is 1.12. The molecule has 1 aromatic heterocycles. The number of halogens is 3. The number of carbonyl (C=O) groups is 1. The van der Waals surface area contributed by atoms with Crippen LogP contribution in [-0.2, 0) is 0 Å². The first-order valence-electron chi connectivity index (χ1n) is 3.46. The van der Waals surface area contributed by atoms with E-state index in [2.05, 4.69) is 4.98 Å². The normalized spacial score (nSPS) is 10.5. The van der Waals surface area contributed by atoms with E-state index in [0.29, 0.717) is 11.8 Å². The fourth-order valence-electron chi connectivity index (χ4n) is 0.882. The highest BCUT2D eigenvalue weighted by Crippen LogP contribution is 2.28. The number of nitrogens with zero attached hydrogens (tertiary/aromatic N) is 1. The van der Waals surface area contributed by atoms with E-state index in [0.717, 1.165) is 6.20 Å². The van der Waals surface area contributed by atoms with Crippen LogP contribution in [0.2, 0.25) is 5.02 Å². The van der Waals surface area contributed by atoms with E-state index in [1.165, 1.54) is 6.92 Å². The smallest absolute Gasteiger partial charge is 0.281 e. The maximum Gasteiger partial charge on any atom is 0.281 e. The van der Waals surface area contributed by atoms with Gasteiger partial charge in [0.25, 0.3) is 6.43 Å². The molecule has 5 heteroatoms. The second-order valence-electron chi connectivity index (χ2n) is 2.46. The number of aromatic nitrogens is 1. The van der Waals surface area contributed by atoms with Crippen molar-refractivity contribution >= 4 is 17.9 Å². The van der Waals surface area contributed by atoms with Crippen molar-refractivity contribution < 1.29 is 13.6 Å². The number of alkyl halides is 2. The Hall–Kier alpha value is -1.03. The van der Waals surface area contributed by atoms with Gasteiger partial charge in [-0.1, -0.05) is 11.6 Å². The monoisotopic (exact) mass is 205 g/mol. The first-order valence-corrected chi connectivity index (χ1v) is 3.84. The standard InChI is InChI=1S/C8H6ClF2NO/c1-4-5(3-13)2-12-7(6(4)9)8(10)11/h2-3,8H,1H3. The Morgan fingerprint density at radius 1 is 1.62 bits per heavy atom. The Morgan fingerprint density at radius 3 is 2.69 bits per heavy atom. The van der Waals surface area contributed by atoms with Crippen molar-refractivity contribution in [3.63, 3.8) is 0 Å². The van der Waals surface area contributed by atoms with Gasteiger partial charge >= 0.3 is 0 Å². The number of rotatable bonds is 2. The van der Waals surface area contributed by atoms with E-state index in [9.17, 15) is 13.6 Å². The Bertz CT molecular complexity index is 341. The molecule has 0 radical (unpaired) electrons. The van der Waals surface area contributed by atoms with Crippen LogP contribution in [0.1, 0.15) is 28.0 Å². The SMILES string of the molecule is Cc1c(C=O)cnc(C(F)F)c1Cl. The summed E-state index contributed by atoms with van der Waals surface area (Å²) >= 11 is 5.57. The molecule has 0 aromatic carbocycles. The summed E-state index contributed by atoms with van der Waals surface area (Å²) in [6.45, 7) is 1.50. The third kappa shape index (κ3) is 1.83. The first kappa shape index (κ1) is 10.1. The molecular formula is C8H6ClF2NO. The zero-order valence-corrected chi connectivity index (χ0v) is 7.48. The molecule has 1 rings (SSSR count). The second kappa shape index (κ2) is 3.79. The quantitative estimate of drug-likeness (QED) is 0.695. The van der Waals surface area contributed by atoms with Gasteiger partial charge < -0.3 is 0 Å². The molecule has 0 aliphatic heterocycles. The van der Waals surface area contributed by atoms with Gasteiger partial charge in [-0.3, -0.25) is 9.78 Å². The lowest BCUT2D eigenvalue weighted by Gasteiger charge is -2.05. The Morgan fingerprint density at radius 2 is 2.23 bits per heavy atom. The van der Waals surface area contributed by atoms with E-state index in [1.807, 2.05) is 0 Å². The second-order valence-corrected chi connectivity index (χ2v) is 2.83. The summed E-state index contributed by atoms with van der Waals surface area (Å²) in [5, 5.41) is -0.139. The van der Waals surface area contributed by atoms with Gasteiger partial charge in [0.15, 0.2) is 6.29 Å². The van der Waals surface area contributed by atoms with Crippen LogP contribution >= 0.6 is 11.6 Å². The van der Waals surface area contributed by atoms with Crippen LogP contribution in [0.4, 0.5) is 8.78 Å². The van der Waals surface area contributed by atoms with Gasteiger partial charge in [0.2, 0.25) is 0 Å². The minimum atomic E-state index is -2.72. The van der Waals surface area contributed by atoms with Crippen LogP contribution < -0.4 is 0 Å². The third-order valence-electron chi connectivity index (χ3n) is 1.66. The molecular weight excluding hydrogens is 200 g/mol. The minimum absolute atomic E-state index is 0.139. The molecule has 0 bridgehead atoms. The van der Waals surface area contributed by atoms with E-state index < -0.39 is 12.1 Å². The number of hydrogen-bond donors (Lipinski definition) is 0. The lowest BCUT2D eigenvalue weighted by atomic mass is 10.1. The van der Waals surface area contributed by atoms with Gasteiger partial charge in [-0.05, 0) is 12.5 Å². The Kier molecular flexibility index (Phi) is 2.93. The molecule has 0 fully saturated rings. The molecule has 0 aliphatic carbocycles. The fraction of sp³-hybridized carbons (Fsp3) is 0.250.